The summed E-state index contributed by atoms with van der Waals surface area (Å²) in [5.74, 6) is 1.26. The van der Waals surface area contributed by atoms with E-state index < -0.39 is 0 Å². The number of hydrogen-bond donors (Lipinski definition) is 0. The van der Waals surface area contributed by atoms with E-state index in [9.17, 15) is 4.79 Å². The van der Waals surface area contributed by atoms with Crippen LogP contribution in [-0.2, 0) is 4.79 Å². The highest BCUT2D eigenvalue weighted by atomic mass is 16.1. The van der Waals surface area contributed by atoms with Crippen molar-refractivity contribution in [2.75, 3.05) is 0 Å². The van der Waals surface area contributed by atoms with Crippen molar-refractivity contribution in [2.24, 2.45) is 11.8 Å². The number of rotatable bonds is 1. The van der Waals surface area contributed by atoms with Crippen LogP contribution in [0.1, 0.15) is 64.7 Å². The quantitative estimate of drug-likeness (QED) is 0.596. The summed E-state index contributed by atoms with van der Waals surface area (Å²) < 4.78 is 0. The highest BCUT2D eigenvalue weighted by Gasteiger charge is 2.17. The lowest BCUT2D eigenvalue weighted by Gasteiger charge is -2.18. The summed E-state index contributed by atoms with van der Waals surface area (Å²) in [7, 11) is 0. The number of ketones is 1. The van der Waals surface area contributed by atoms with Crippen molar-refractivity contribution in [3.05, 3.63) is 12.7 Å². The zero-order valence-electron chi connectivity index (χ0n) is 10.7. The number of carbonyl (C=O) groups is 1. The van der Waals surface area contributed by atoms with Gasteiger partial charge < -0.3 is 0 Å². The van der Waals surface area contributed by atoms with Crippen molar-refractivity contribution in [3.63, 3.8) is 0 Å². The molecule has 0 spiro atoms. The van der Waals surface area contributed by atoms with Gasteiger partial charge in [-0.05, 0) is 25.2 Å². The van der Waals surface area contributed by atoms with E-state index in [2.05, 4.69) is 19.6 Å². The summed E-state index contributed by atoms with van der Waals surface area (Å²) in [4.78, 5) is 11.9. The molecule has 1 saturated carbocycles. The maximum absolute atomic E-state index is 11.9. The topological polar surface area (TPSA) is 17.1 Å². The molecule has 0 saturated heterocycles. The molecule has 1 fully saturated rings. The van der Waals surface area contributed by atoms with Gasteiger partial charge in [0.1, 0.15) is 5.78 Å². The van der Waals surface area contributed by atoms with E-state index in [1.807, 2.05) is 0 Å². The Hall–Kier alpha value is -0.590. The molecule has 0 aromatic heterocycles. The van der Waals surface area contributed by atoms with E-state index in [0.29, 0.717) is 11.7 Å². The van der Waals surface area contributed by atoms with Crippen molar-refractivity contribution in [1.29, 1.82) is 0 Å². The third-order valence-electron chi connectivity index (χ3n) is 3.79. The zero-order valence-corrected chi connectivity index (χ0v) is 10.7. The average molecular weight is 222 g/mol. The number of Topliss-reactive ketones (excluding diaryl/α,β-unsaturated/α-hetero) is 1. The molecule has 0 N–H and O–H groups in total. The molecule has 1 aliphatic carbocycles. The van der Waals surface area contributed by atoms with Crippen LogP contribution in [0.4, 0.5) is 0 Å². The van der Waals surface area contributed by atoms with Crippen LogP contribution in [0.2, 0.25) is 0 Å². The lowest BCUT2D eigenvalue weighted by molar-refractivity contribution is -0.122. The molecule has 1 rings (SSSR count). The molecule has 0 aromatic carbocycles. The second-order valence-electron chi connectivity index (χ2n) is 5.26. The fourth-order valence-electron chi connectivity index (χ4n) is 2.58. The van der Waals surface area contributed by atoms with E-state index in [4.69, 9.17) is 0 Å². The summed E-state index contributed by atoms with van der Waals surface area (Å²) >= 11 is 0. The second kappa shape index (κ2) is 7.65. The van der Waals surface area contributed by atoms with Gasteiger partial charge in [-0.1, -0.05) is 45.1 Å². The molecule has 0 heterocycles. The Morgan fingerprint density at radius 3 is 2.44 bits per heavy atom. The third kappa shape index (κ3) is 4.96. The second-order valence-corrected chi connectivity index (χ2v) is 5.26. The van der Waals surface area contributed by atoms with Gasteiger partial charge in [-0.25, -0.2) is 0 Å². The standard InChI is InChI=1S/C15H26O/c1-3-14-10-8-6-4-5-7-9-11-15(16)13(2)12-14/h3,13-14H,1,4-12H2,2H3. The summed E-state index contributed by atoms with van der Waals surface area (Å²) in [6.45, 7) is 5.99. The van der Waals surface area contributed by atoms with Gasteiger partial charge in [-0.15, -0.1) is 6.58 Å². The smallest absolute Gasteiger partial charge is 0.135 e. The first-order valence-corrected chi connectivity index (χ1v) is 6.89. The summed E-state index contributed by atoms with van der Waals surface area (Å²) in [5.41, 5.74) is 0. The Morgan fingerprint density at radius 1 is 1.12 bits per heavy atom. The first-order valence-electron chi connectivity index (χ1n) is 6.89. The molecule has 2 unspecified atom stereocenters. The maximum Gasteiger partial charge on any atom is 0.135 e. The van der Waals surface area contributed by atoms with E-state index in [1.54, 1.807) is 0 Å². The maximum atomic E-state index is 11.9. The monoisotopic (exact) mass is 222 g/mol. The lowest BCUT2D eigenvalue weighted by Crippen LogP contribution is -2.15. The normalized spacial score (nSPS) is 30.2. The molecular weight excluding hydrogens is 196 g/mol. The average Bonchev–Trinajstić information content (AvgIpc) is 2.28. The Bertz CT molecular complexity index is 219. The minimum Gasteiger partial charge on any atom is -0.299 e. The Balaban J connectivity index is 2.47. The minimum atomic E-state index is 0.238. The first kappa shape index (κ1) is 13.5. The van der Waals surface area contributed by atoms with Crippen LogP contribution in [0.5, 0.6) is 0 Å². The van der Waals surface area contributed by atoms with Gasteiger partial charge >= 0.3 is 0 Å². The SMILES string of the molecule is C=CC1CCCCCCCCC(=O)C(C)C1. The van der Waals surface area contributed by atoms with Gasteiger partial charge in [0.2, 0.25) is 0 Å². The molecule has 0 aliphatic heterocycles. The molecule has 0 aromatic rings. The fourth-order valence-corrected chi connectivity index (χ4v) is 2.58. The molecule has 16 heavy (non-hydrogen) atoms. The molecule has 0 amide bonds. The summed E-state index contributed by atoms with van der Waals surface area (Å²) in [6, 6.07) is 0. The van der Waals surface area contributed by atoms with Crippen molar-refractivity contribution >= 4 is 5.78 Å². The highest BCUT2D eigenvalue weighted by Crippen LogP contribution is 2.23. The van der Waals surface area contributed by atoms with Gasteiger partial charge in [-0.2, -0.15) is 0 Å². The van der Waals surface area contributed by atoms with E-state index in [0.717, 1.165) is 19.3 Å². The molecule has 92 valence electrons. The molecule has 0 bridgehead atoms. The molecular formula is C15H26O. The molecule has 1 nitrogen and oxygen atoms in total. The van der Waals surface area contributed by atoms with Crippen LogP contribution in [0, 0.1) is 11.8 Å². The Labute approximate surface area is 100 Å². The van der Waals surface area contributed by atoms with Crippen LogP contribution >= 0.6 is 0 Å². The first-order chi connectivity index (χ1) is 7.74. The predicted octanol–water partition coefficient (Wildman–Crippen LogP) is 4.52. The number of carbonyl (C=O) groups excluding carboxylic acids is 1. The van der Waals surface area contributed by atoms with Gasteiger partial charge in [0.05, 0.1) is 0 Å². The summed E-state index contributed by atoms with van der Waals surface area (Å²) in [6.07, 6.45) is 12.7. The van der Waals surface area contributed by atoms with E-state index >= 15 is 0 Å². The lowest BCUT2D eigenvalue weighted by atomic mass is 9.87. The van der Waals surface area contributed by atoms with Crippen molar-refractivity contribution < 1.29 is 4.79 Å². The van der Waals surface area contributed by atoms with E-state index in [1.165, 1.54) is 38.5 Å². The van der Waals surface area contributed by atoms with Gasteiger partial charge in [0, 0.05) is 12.3 Å². The van der Waals surface area contributed by atoms with Crippen LogP contribution in [0.3, 0.4) is 0 Å². The fraction of sp³-hybridized carbons (Fsp3) is 0.800. The largest absolute Gasteiger partial charge is 0.299 e. The Kier molecular flexibility index (Phi) is 6.44. The molecule has 2 atom stereocenters. The predicted molar refractivity (Wildman–Crippen MR) is 69.4 cm³/mol. The van der Waals surface area contributed by atoms with Gasteiger partial charge in [-0.3, -0.25) is 4.79 Å². The van der Waals surface area contributed by atoms with Crippen LogP contribution in [0.25, 0.3) is 0 Å². The zero-order chi connectivity index (χ0) is 11.8. The van der Waals surface area contributed by atoms with Gasteiger partial charge in [0.25, 0.3) is 0 Å². The number of hydrogen-bond acceptors (Lipinski definition) is 1. The van der Waals surface area contributed by atoms with Crippen LogP contribution in [0.15, 0.2) is 12.7 Å². The minimum absolute atomic E-state index is 0.238. The van der Waals surface area contributed by atoms with Crippen LogP contribution < -0.4 is 0 Å². The third-order valence-corrected chi connectivity index (χ3v) is 3.79. The molecule has 1 heteroatoms. The highest BCUT2D eigenvalue weighted by molar-refractivity contribution is 5.80. The molecule has 1 aliphatic rings. The van der Waals surface area contributed by atoms with Crippen LogP contribution in [-0.4, -0.2) is 5.78 Å². The molecule has 0 radical (unpaired) electrons. The summed E-state index contributed by atoms with van der Waals surface area (Å²) in [5, 5.41) is 0. The van der Waals surface area contributed by atoms with Crippen molar-refractivity contribution in [1.82, 2.24) is 0 Å². The van der Waals surface area contributed by atoms with Gasteiger partial charge in [0.15, 0.2) is 0 Å². The number of allylic oxidation sites excluding steroid dienone is 1. The van der Waals surface area contributed by atoms with E-state index in [-0.39, 0.29) is 5.92 Å². The van der Waals surface area contributed by atoms with Crippen molar-refractivity contribution in [2.45, 2.75) is 64.7 Å². The Morgan fingerprint density at radius 2 is 1.75 bits per heavy atom. The van der Waals surface area contributed by atoms with Crippen molar-refractivity contribution in [3.8, 4) is 0 Å².